The molecule has 3 aliphatic heterocycles. The van der Waals surface area contributed by atoms with Crippen molar-refractivity contribution >= 4 is 17.7 Å². The van der Waals surface area contributed by atoms with Gasteiger partial charge in [-0.05, 0) is 53.1 Å². The van der Waals surface area contributed by atoms with Crippen LogP contribution in [0.15, 0.2) is 78.9 Å². The van der Waals surface area contributed by atoms with E-state index >= 15 is 0 Å². The summed E-state index contributed by atoms with van der Waals surface area (Å²) < 4.78 is 19.1. The Morgan fingerprint density at radius 3 is 1.30 bits per heavy atom. The van der Waals surface area contributed by atoms with Gasteiger partial charge in [-0.25, -0.2) is 0 Å². The topological polar surface area (TPSA) is 394 Å². The minimum Gasteiger partial charge on any atom is -0.508 e. The monoisotopic (exact) mass is 985 g/mol. The Morgan fingerprint density at radius 2 is 0.857 bits per heavy atom. The minimum absolute atomic E-state index is 0.00492. The quantitative estimate of drug-likeness (QED) is 0.0907. The highest BCUT2D eigenvalue weighted by molar-refractivity contribution is 7.99. The molecule has 0 fully saturated rings. The first-order valence-electron chi connectivity index (χ1n) is 21.1. The van der Waals surface area contributed by atoms with Gasteiger partial charge in [-0.15, -0.1) is 11.8 Å². The maximum atomic E-state index is 12.7. The number of hydrogen-bond donors (Lipinski definition) is 17. The SMILES string of the molecule is N[C@@H](CSC1c2c(O)cc(O)c(C3c4c(O)cc(O)c(C5c6c(O)cc(O)cc6O[C@H](c6ccc(O)c(O)c6)[C@@H]5O)c4O[C@H](c4ccc(O)c(O)c4)[C@@H]3O)c2O[C@H](c2ccc(O)c(O)c2)[C@@H]1O)C(=O)O. The summed E-state index contributed by atoms with van der Waals surface area (Å²) in [5.41, 5.74) is 3.95. The van der Waals surface area contributed by atoms with E-state index in [4.69, 9.17) is 19.9 Å². The van der Waals surface area contributed by atoms with Gasteiger partial charge < -0.3 is 102 Å². The van der Waals surface area contributed by atoms with Gasteiger partial charge in [0.1, 0.15) is 76.1 Å². The lowest BCUT2D eigenvalue weighted by Crippen LogP contribution is -2.39. The number of aliphatic carboxylic acids is 1. The number of aromatic hydroxyl groups is 12. The molecule has 0 aromatic heterocycles. The average Bonchev–Trinajstić information content (AvgIpc) is 3.29. The summed E-state index contributed by atoms with van der Waals surface area (Å²) in [6.45, 7) is 0. The fourth-order valence-corrected chi connectivity index (χ4v) is 10.7. The average molecular weight is 986 g/mol. The number of carboxylic acids is 1. The zero-order valence-electron chi connectivity index (χ0n) is 35.8. The molecule has 9 rings (SSSR count). The van der Waals surface area contributed by atoms with E-state index < -0.39 is 163 Å². The first kappa shape index (κ1) is 47.1. The number of carboxylic acid groups (broad SMARTS) is 1. The molecular formula is C48H43NO20S. The number of nitrogens with two attached hydrogens (primary N) is 1. The number of phenols is 12. The molecule has 0 radical (unpaired) electrons. The highest BCUT2D eigenvalue weighted by Crippen LogP contribution is 2.64. The predicted octanol–water partition coefficient (Wildman–Crippen LogP) is 4.09. The molecule has 3 heterocycles. The van der Waals surface area contributed by atoms with E-state index in [0.29, 0.717) is 0 Å². The van der Waals surface area contributed by atoms with Gasteiger partial charge in [-0.1, -0.05) is 18.2 Å². The van der Waals surface area contributed by atoms with E-state index in [1.807, 2.05) is 0 Å². The number of phenolic OH excluding ortho intramolecular Hbond substituents is 12. The third-order valence-corrected chi connectivity index (χ3v) is 14.1. The third kappa shape index (κ3) is 7.76. The number of carbonyl (C=O) groups is 1. The largest absolute Gasteiger partial charge is 0.508 e. The van der Waals surface area contributed by atoms with Crippen molar-refractivity contribution in [3.63, 3.8) is 0 Å². The molecule has 366 valence electrons. The lowest BCUT2D eigenvalue weighted by molar-refractivity contribution is -0.137. The van der Waals surface area contributed by atoms with E-state index in [0.717, 1.165) is 72.4 Å². The highest BCUT2D eigenvalue weighted by Gasteiger charge is 2.52. The van der Waals surface area contributed by atoms with Crippen molar-refractivity contribution in [1.29, 1.82) is 0 Å². The number of benzene rings is 6. The van der Waals surface area contributed by atoms with Crippen LogP contribution in [0.3, 0.4) is 0 Å². The Hall–Kier alpha value is -8.02. The fraction of sp³-hybridized carbons (Fsp3) is 0.229. The number of fused-ring (bicyclic) bond motifs is 3. The molecule has 70 heavy (non-hydrogen) atoms. The van der Waals surface area contributed by atoms with Crippen LogP contribution in [0.2, 0.25) is 0 Å². The van der Waals surface area contributed by atoms with Crippen LogP contribution in [0.25, 0.3) is 0 Å². The van der Waals surface area contributed by atoms with E-state index in [1.165, 1.54) is 18.2 Å². The van der Waals surface area contributed by atoms with Gasteiger partial charge in [-0.2, -0.15) is 0 Å². The molecule has 21 nitrogen and oxygen atoms in total. The molecule has 10 atom stereocenters. The van der Waals surface area contributed by atoms with Crippen molar-refractivity contribution in [2.24, 2.45) is 5.73 Å². The van der Waals surface area contributed by atoms with Gasteiger partial charge in [0.15, 0.2) is 52.8 Å². The summed E-state index contributed by atoms with van der Waals surface area (Å²) in [5.74, 6) is -14.7. The summed E-state index contributed by atoms with van der Waals surface area (Å²) in [6.07, 6.45) is -10.5. The van der Waals surface area contributed by atoms with Crippen molar-refractivity contribution in [3.05, 3.63) is 123 Å². The van der Waals surface area contributed by atoms with Crippen LogP contribution in [0.5, 0.6) is 86.2 Å². The molecule has 0 amide bonds. The van der Waals surface area contributed by atoms with Crippen molar-refractivity contribution in [2.45, 2.75) is 59.8 Å². The predicted molar refractivity (Wildman–Crippen MR) is 241 cm³/mol. The molecule has 18 N–H and O–H groups in total. The van der Waals surface area contributed by atoms with E-state index in [1.54, 1.807) is 0 Å². The van der Waals surface area contributed by atoms with Crippen LogP contribution >= 0.6 is 11.8 Å². The molecule has 3 aliphatic rings. The smallest absolute Gasteiger partial charge is 0.321 e. The maximum Gasteiger partial charge on any atom is 0.321 e. The van der Waals surface area contributed by atoms with Crippen LogP contribution in [0, 0.1) is 0 Å². The zero-order chi connectivity index (χ0) is 50.4. The Kier molecular flexibility index (Phi) is 11.8. The maximum absolute atomic E-state index is 12.7. The summed E-state index contributed by atoms with van der Waals surface area (Å²) in [4.78, 5) is 11.9. The molecular weight excluding hydrogens is 943 g/mol. The van der Waals surface area contributed by atoms with Crippen LogP contribution in [0.4, 0.5) is 0 Å². The summed E-state index contributed by atoms with van der Waals surface area (Å²) in [6, 6.07) is 12.3. The molecule has 3 unspecified atom stereocenters. The Bertz CT molecular complexity index is 3090. The van der Waals surface area contributed by atoms with Crippen molar-refractivity contribution in [3.8, 4) is 86.2 Å². The Morgan fingerprint density at radius 1 is 0.471 bits per heavy atom. The number of thioether (sulfide) groups is 1. The molecule has 0 bridgehead atoms. The zero-order valence-corrected chi connectivity index (χ0v) is 36.6. The van der Waals surface area contributed by atoms with Gasteiger partial charge in [0.05, 0.1) is 22.6 Å². The van der Waals surface area contributed by atoms with E-state index in [-0.39, 0.29) is 39.3 Å². The van der Waals surface area contributed by atoms with Gasteiger partial charge in [0.2, 0.25) is 0 Å². The standard InChI is InChI=1S/C48H43NO20S/c49-19(48(65)66)14-70-47-36-30(61)13-29(60)35(46(36)69-44(41(47)64)17-3-6-22(53)25(56)9-17)38-34-28(59)12-27(58)33(45(34)68-43(40(38)63)16-2-5-21(52)24(55)8-16)37-32-26(57)10-18(50)11-31(32)67-42(39(37)62)15-1-4-20(51)23(54)7-15/h1-13,19,37-44,47,50-64H,14,49H2,(H,65,66)/t19-,37?,38?,39+,40+,41-,42+,43+,44+,47?/m0/s1. The number of aliphatic hydroxyl groups excluding tert-OH is 3. The summed E-state index contributed by atoms with van der Waals surface area (Å²) in [5, 5.41) is 177. The molecule has 6 aromatic carbocycles. The van der Waals surface area contributed by atoms with Gasteiger partial charge in [0.25, 0.3) is 0 Å². The third-order valence-electron chi connectivity index (χ3n) is 12.7. The number of hydrogen-bond acceptors (Lipinski definition) is 21. The number of ether oxygens (including phenoxy) is 3. The van der Waals surface area contributed by atoms with Crippen LogP contribution < -0.4 is 19.9 Å². The fourth-order valence-electron chi connectivity index (χ4n) is 9.42. The van der Waals surface area contributed by atoms with Gasteiger partial charge >= 0.3 is 5.97 Å². The van der Waals surface area contributed by atoms with E-state index in [2.05, 4.69) is 0 Å². The summed E-state index contributed by atoms with van der Waals surface area (Å²) in [7, 11) is 0. The Balaban J connectivity index is 1.33. The van der Waals surface area contributed by atoms with Gasteiger partial charge in [-0.3, -0.25) is 4.79 Å². The van der Waals surface area contributed by atoms with Crippen LogP contribution in [-0.4, -0.2) is 118 Å². The molecule has 22 heteroatoms. The molecule has 0 aliphatic carbocycles. The van der Waals surface area contributed by atoms with Gasteiger partial charge in [0, 0.05) is 52.3 Å². The summed E-state index contributed by atoms with van der Waals surface area (Å²) >= 11 is 0.754. The Labute approximate surface area is 398 Å². The normalized spacial score (nSPS) is 23.9. The first-order valence-corrected chi connectivity index (χ1v) is 22.1. The molecule has 0 saturated heterocycles. The highest BCUT2D eigenvalue weighted by atomic mass is 32.2. The lowest BCUT2D eigenvalue weighted by atomic mass is 9.73. The minimum atomic E-state index is -2.03. The number of rotatable bonds is 9. The molecule has 0 spiro atoms. The second-order valence-electron chi connectivity index (χ2n) is 17.0. The number of aliphatic hydroxyl groups is 3. The van der Waals surface area contributed by atoms with E-state index in [9.17, 15) is 86.5 Å². The van der Waals surface area contributed by atoms with Crippen molar-refractivity contribution < 1.29 is 101 Å². The van der Waals surface area contributed by atoms with Crippen LogP contribution in [-0.2, 0) is 4.79 Å². The van der Waals surface area contributed by atoms with Crippen molar-refractivity contribution in [2.75, 3.05) is 5.75 Å². The van der Waals surface area contributed by atoms with Crippen molar-refractivity contribution in [1.82, 2.24) is 0 Å². The lowest BCUT2D eigenvalue weighted by Gasteiger charge is -2.44. The van der Waals surface area contributed by atoms with Crippen LogP contribution in [0.1, 0.15) is 79.9 Å². The first-order chi connectivity index (χ1) is 33.2. The second-order valence-corrected chi connectivity index (χ2v) is 18.2. The molecule has 0 saturated carbocycles. The molecule has 6 aromatic rings. The second kappa shape index (κ2) is 17.5.